The third-order valence-electron chi connectivity index (χ3n) is 5.93. The van der Waals surface area contributed by atoms with Gasteiger partial charge in [-0.3, -0.25) is 0 Å². The minimum Gasteiger partial charge on any atom is -0.331 e. The summed E-state index contributed by atoms with van der Waals surface area (Å²) in [6.07, 6.45) is 0. The lowest BCUT2D eigenvalue weighted by atomic mass is 10.1. The van der Waals surface area contributed by atoms with Crippen LogP contribution in [0, 0.1) is 13.8 Å². The Morgan fingerprint density at radius 3 is 2.00 bits per heavy atom. The van der Waals surface area contributed by atoms with Crippen molar-refractivity contribution >= 4 is 54.2 Å². The predicted molar refractivity (Wildman–Crippen MR) is 133 cm³/mol. The molecule has 150 valence electrons. The van der Waals surface area contributed by atoms with Gasteiger partial charge in [-0.15, -0.1) is 0 Å². The van der Waals surface area contributed by atoms with Crippen LogP contribution < -0.4 is 5.32 Å². The minimum atomic E-state index is 0.917. The number of benzene rings is 4. The zero-order valence-electron chi connectivity index (χ0n) is 17.4. The van der Waals surface area contributed by atoms with Gasteiger partial charge >= 0.3 is 0 Å². The molecular weight excluding hydrogens is 398 g/mol. The molecule has 0 bridgehead atoms. The number of thiazole rings is 1. The maximum atomic E-state index is 5.05. The van der Waals surface area contributed by atoms with Gasteiger partial charge in [-0.05, 0) is 49.2 Å². The second-order valence-corrected chi connectivity index (χ2v) is 8.94. The summed E-state index contributed by atoms with van der Waals surface area (Å²) in [5.41, 5.74) is 8.12. The van der Waals surface area contributed by atoms with Crippen LogP contribution in [0.3, 0.4) is 0 Å². The number of fused-ring (bicyclic) bond motifs is 4. The molecule has 0 atom stereocenters. The van der Waals surface area contributed by atoms with E-state index in [0.717, 1.165) is 22.0 Å². The molecule has 0 amide bonds. The molecule has 0 fully saturated rings. The smallest absolute Gasteiger partial charge is 0.188 e. The lowest BCUT2D eigenvalue weighted by molar-refractivity contribution is 1.19. The molecule has 2 heterocycles. The van der Waals surface area contributed by atoms with Gasteiger partial charge < -0.3 is 9.88 Å². The fraction of sp³-hybridized carbons (Fsp3) is 0.0741. The molecule has 4 aromatic carbocycles. The quantitative estimate of drug-likeness (QED) is 0.318. The van der Waals surface area contributed by atoms with Gasteiger partial charge in [-0.2, -0.15) is 0 Å². The van der Waals surface area contributed by atoms with Gasteiger partial charge in [-0.1, -0.05) is 72.0 Å². The molecule has 0 saturated heterocycles. The highest BCUT2D eigenvalue weighted by Gasteiger charge is 2.16. The molecular formula is C27H21N3S. The van der Waals surface area contributed by atoms with Gasteiger partial charge in [0.1, 0.15) is 5.52 Å². The monoisotopic (exact) mass is 419 g/mol. The largest absolute Gasteiger partial charge is 0.331 e. The van der Waals surface area contributed by atoms with Crippen LogP contribution in [0.2, 0.25) is 0 Å². The Kier molecular flexibility index (Phi) is 4.08. The highest BCUT2D eigenvalue weighted by atomic mass is 32.1. The van der Waals surface area contributed by atoms with Crippen LogP contribution in [-0.2, 0) is 0 Å². The van der Waals surface area contributed by atoms with Gasteiger partial charge in [0.15, 0.2) is 5.13 Å². The normalized spacial score (nSPS) is 11.5. The summed E-state index contributed by atoms with van der Waals surface area (Å²) in [6, 6.07) is 30.0. The number of nitrogens with zero attached hydrogens (tertiary/aromatic N) is 2. The number of aryl methyl sites for hydroxylation is 2. The van der Waals surface area contributed by atoms with Crippen LogP contribution in [0.5, 0.6) is 0 Å². The van der Waals surface area contributed by atoms with Crippen molar-refractivity contribution in [2.75, 3.05) is 5.32 Å². The molecule has 0 unspecified atom stereocenters. The summed E-state index contributed by atoms with van der Waals surface area (Å²) < 4.78 is 3.52. The fourth-order valence-electron chi connectivity index (χ4n) is 4.47. The Hall–Kier alpha value is -3.63. The second kappa shape index (κ2) is 6.96. The van der Waals surface area contributed by atoms with Crippen LogP contribution in [0.25, 0.3) is 37.7 Å². The van der Waals surface area contributed by atoms with Crippen LogP contribution in [0.4, 0.5) is 10.8 Å². The molecule has 1 N–H and O–H groups in total. The number of aromatic nitrogens is 2. The summed E-state index contributed by atoms with van der Waals surface area (Å²) in [5, 5.41) is 7.02. The number of para-hydroxylation sites is 4. The van der Waals surface area contributed by atoms with Gasteiger partial charge in [0.25, 0.3) is 0 Å². The lowest BCUT2D eigenvalue weighted by Gasteiger charge is -2.10. The Bertz CT molecular complexity index is 1520. The van der Waals surface area contributed by atoms with E-state index in [1.807, 2.05) is 0 Å². The number of rotatable bonds is 3. The minimum absolute atomic E-state index is 0.917. The first-order chi connectivity index (χ1) is 15.2. The van der Waals surface area contributed by atoms with Crippen molar-refractivity contribution in [1.29, 1.82) is 0 Å². The Morgan fingerprint density at radius 1 is 0.710 bits per heavy atom. The first-order valence-corrected chi connectivity index (χ1v) is 11.2. The summed E-state index contributed by atoms with van der Waals surface area (Å²) in [5.74, 6) is 0. The number of nitrogens with one attached hydrogen (secondary N) is 1. The van der Waals surface area contributed by atoms with E-state index in [1.54, 1.807) is 11.3 Å². The first-order valence-electron chi connectivity index (χ1n) is 10.4. The Labute approximate surface area is 184 Å². The molecule has 2 aromatic heterocycles. The molecule has 3 nitrogen and oxygen atoms in total. The highest BCUT2D eigenvalue weighted by molar-refractivity contribution is 7.22. The molecule has 0 spiro atoms. The van der Waals surface area contributed by atoms with Crippen molar-refractivity contribution in [3.05, 3.63) is 96.1 Å². The molecule has 4 heteroatoms. The van der Waals surface area contributed by atoms with Crippen LogP contribution in [0.1, 0.15) is 11.1 Å². The number of hydrogen-bond donors (Lipinski definition) is 1. The van der Waals surface area contributed by atoms with Crippen molar-refractivity contribution in [3.63, 3.8) is 0 Å². The van der Waals surface area contributed by atoms with Gasteiger partial charge in [0, 0.05) is 16.5 Å². The molecule has 6 rings (SSSR count). The molecule has 6 aromatic rings. The van der Waals surface area contributed by atoms with Gasteiger partial charge in [0.05, 0.1) is 21.4 Å². The topological polar surface area (TPSA) is 29.9 Å². The van der Waals surface area contributed by atoms with E-state index >= 15 is 0 Å². The summed E-state index contributed by atoms with van der Waals surface area (Å²) in [7, 11) is 0. The van der Waals surface area contributed by atoms with Crippen LogP contribution in [-0.4, -0.2) is 9.55 Å². The second-order valence-electron chi connectivity index (χ2n) is 7.90. The number of anilines is 2. The molecule has 0 radical (unpaired) electrons. The molecule has 0 aliphatic carbocycles. The maximum Gasteiger partial charge on any atom is 0.188 e. The molecule has 0 aliphatic rings. The van der Waals surface area contributed by atoms with E-state index in [0.29, 0.717) is 0 Å². The van der Waals surface area contributed by atoms with Gasteiger partial charge in [0.2, 0.25) is 0 Å². The molecule has 0 saturated carbocycles. The van der Waals surface area contributed by atoms with Gasteiger partial charge in [-0.25, -0.2) is 4.98 Å². The van der Waals surface area contributed by atoms with Crippen LogP contribution >= 0.6 is 11.3 Å². The van der Waals surface area contributed by atoms with Crippen LogP contribution in [0.15, 0.2) is 84.9 Å². The summed E-state index contributed by atoms with van der Waals surface area (Å²) in [4.78, 5) is 5.05. The van der Waals surface area contributed by atoms with Crippen molar-refractivity contribution in [2.45, 2.75) is 13.8 Å². The van der Waals surface area contributed by atoms with E-state index in [1.165, 1.54) is 37.6 Å². The zero-order chi connectivity index (χ0) is 20.9. The third kappa shape index (κ3) is 2.83. The highest BCUT2D eigenvalue weighted by Crippen LogP contribution is 2.37. The zero-order valence-corrected chi connectivity index (χ0v) is 18.2. The van der Waals surface area contributed by atoms with Crippen molar-refractivity contribution in [1.82, 2.24) is 9.55 Å². The van der Waals surface area contributed by atoms with Crippen molar-refractivity contribution in [3.8, 4) is 5.69 Å². The van der Waals surface area contributed by atoms with E-state index in [2.05, 4.69) is 109 Å². The average Bonchev–Trinajstić information content (AvgIpc) is 3.35. The fourth-order valence-corrected chi connectivity index (χ4v) is 5.36. The Morgan fingerprint density at radius 2 is 1.32 bits per heavy atom. The predicted octanol–water partition coefficient (Wildman–Crippen LogP) is 7.75. The van der Waals surface area contributed by atoms with E-state index in [9.17, 15) is 0 Å². The first kappa shape index (κ1) is 18.2. The maximum absolute atomic E-state index is 5.05. The average molecular weight is 420 g/mol. The van der Waals surface area contributed by atoms with E-state index in [-0.39, 0.29) is 0 Å². The SMILES string of the molecule is Cc1cccc(C)c1Nc1nc2c(-n3c4ccccc4c4ccccc43)cccc2s1. The standard InChI is InChI=1S/C27H21N3S/c1-17-9-7-10-18(2)25(17)28-27-29-26-23(15-8-16-24(26)31-27)30-21-13-5-3-11-19(21)20-12-4-6-14-22(20)30/h3-16H,1-2H3,(H,28,29). The summed E-state index contributed by atoms with van der Waals surface area (Å²) >= 11 is 1.70. The Balaban J connectivity index is 1.58. The lowest BCUT2D eigenvalue weighted by Crippen LogP contribution is -1.96. The van der Waals surface area contributed by atoms with Crippen molar-refractivity contribution in [2.24, 2.45) is 0 Å². The van der Waals surface area contributed by atoms with Crippen molar-refractivity contribution < 1.29 is 0 Å². The summed E-state index contributed by atoms with van der Waals surface area (Å²) in [6.45, 7) is 4.26. The third-order valence-corrected chi connectivity index (χ3v) is 6.87. The molecule has 0 aliphatic heterocycles. The number of hydrogen-bond acceptors (Lipinski definition) is 3. The van der Waals surface area contributed by atoms with E-state index < -0.39 is 0 Å². The van der Waals surface area contributed by atoms with E-state index in [4.69, 9.17) is 4.98 Å². The molecule has 31 heavy (non-hydrogen) atoms.